The van der Waals surface area contributed by atoms with Gasteiger partial charge in [-0.15, -0.1) is 0 Å². The van der Waals surface area contributed by atoms with E-state index in [0.717, 1.165) is 16.7 Å². The third-order valence-electron chi connectivity index (χ3n) is 5.09. The lowest BCUT2D eigenvalue weighted by Crippen LogP contribution is -2.32. The molecule has 3 amide bonds. The second-order valence-electron chi connectivity index (χ2n) is 7.63. The fraction of sp³-hybridized carbons (Fsp3) is 0.154. The number of anilines is 1. The first-order valence-corrected chi connectivity index (χ1v) is 11.1. The molecule has 35 heavy (non-hydrogen) atoms. The van der Waals surface area contributed by atoms with Crippen LogP contribution in [0.1, 0.15) is 22.3 Å². The van der Waals surface area contributed by atoms with Gasteiger partial charge < -0.3 is 15.4 Å². The van der Waals surface area contributed by atoms with Gasteiger partial charge in [0.15, 0.2) is 6.61 Å². The first-order chi connectivity index (χ1) is 16.8. The van der Waals surface area contributed by atoms with Crippen LogP contribution in [0.4, 0.5) is 5.69 Å². The molecule has 0 saturated heterocycles. The second-order valence-corrected chi connectivity index (χ2v) is 8.07. The van der Waals surface area contributed by atoms with Crippen LogP contribution in [-0.2, 0) is 20.9 Å². The molecular weight excluding hydrogens is 468 g/mol. The maximum Gasteiger partial charge on any atom is 0.329 e. The fourth-order valence-corrected chi connectivity index (χ4v) is 3.20. The summed E-state index contributed by atoms with van der Waals surface area (Å²) in [5.41, 5.74) is 5.97. The van der Waals surface area contributed by atoms with Crippen molar-refractivity contribution in [3.05, 3.63) is 94.0 Å². The highest BCUT2D eigenvalue weighted by Gasteiger charge is 2.14. The molecule has 3 aromatic carbocycles. The standard InChI is InChI=1S/C26H25ClN4O4/c1-17-7-6-10-22(18(17)2)30-25(33)26(34)31-29-15-20-13-21(27)11-12-23(20)35-16-24(32)28-14-19-8-4-3-5-9-19/h3-13,15H,14,16H2,1-2H3,(H,28,32)(H,30,33)(H,31,34)/b29-15-. The maximum atomic E-state index is 12.2. The number of benzene rings is 3. The summed E-state index contributed by atoms with van der Waals surface area (Å²) in [6.07, 6.45) is 1.28. The van der Waals surface area contributed by atoms with Crippen LogP contribution in [0.3, 0.4) is 0 Å². The van der Waals surface area contributed by atoms with Crippen molar-refractivity contribution in [3.8, 4) is 5.75 Å². The molecular formula is C26H25ClN4O4. The van der Waals surface area contributed by atoms with Crippen molar-refractivity contribution in [2.24, 2.45) is 5.10 Å². The van der Waals surface area contributed by atoms with Crippen molar-refractivity contribution in [1.29, 1.82) is 0 Å². The predicted molar refractivity (Wildman–Crippen MR) is 136 cm³/mol. The van der Waals surface area contributed by atoms with Gasteiger partial charge in [0.2, 0.25) is 0 Å². The average molecular weight is 493 g/mol. The lowest BCUT2D eigenvalue weighted by Gasteiger charge is -2.10. The number of halogens is 1. The largest absolute Gasteiger partial charge is 0.483 e. The smallest absolute Gasteiger partial charge is 0.329 e. The van der Waals surface area contributed by atoms with E-state index in [1.54, 1.807) is 30.3 Å². The van der Waals surface area contributed by atoms with Crippen molar-refractivity contribution < 1.29 is 19.1 Å². The van der Waals surface area contributed by atoms with Crippen molar-refractivity contribution in [2.45, 2.75) is 20.4 Å². The molecule has 3 rings (SSSR count). The quantitative estimate of drug-likeness (QED) is 0.253. The third kappa shape index (κ3) is 7.68. The van der Waals surface area contributed by atoms with E-state index in [-0.39, 0.29) is 12.5 Å². The Morgan fingerprint density at radius 1 is 0.971 bits per heavy atom. The summed E-state index contributed by atoms with van der Waals surface area (Å²) in [4.78, 5) is 36.5. The molecule has 0 aliphatic carbocycles. The summed E-state index contributed by atoms with van der Waals surface area (Å²) in [6, 6.07) is 19.7. The Morgan fingerprint density at radius 2 is 1.74 bits per heavy atom. The minimum absolute atomic E-state index is 0.222. The zero-order valence-corrected chi connectivity index (χ0v) is 20.1. The SMILES string of the molecule is Cc1cccc(NC(=O)C(=O)N/N=C\c2cc(Cl)ccc2OCC(=O)NCc2ccccc2)c1C. The Bertz CT molecular complexity index is 1250. The topological polar surface area (TPSA) is 109 Å². The van der Waals surface area contributed by atoms with E-state index in [0.29, 0.717) is 28.6 Å². The molecule has 0 saturated carbocycles. The van der Waals surface area contributed by atoms with Gasteiger partial charge >= 0.3 is 11.8 Å². The van der Waals surface area contributed by atoms with Gasteiger partial charge in [-0.25, -0.2) is 5.43 Å². The molecule has 0 spiro atoms. The van der Waals surface area contributed by atoms with Gasteiger partial charge in [0, 0.05) is 22.8 Å². The van der Waals surface area contributed by atoms with Crippen LogP contribution in [0.5, 0.6) is 5.75 Å². The molecule has 0 heterocycles. The first-order valence-electron chi connectivity index (χ1n) is 10.8. The van der Waals surface area contributed by atoms with E-state index >= 15 is 0 Å². The monoisotopic (exact) mass is 492 g/mol. The van der Waals surface area contributed by atoms with E-state index in [1.807, 2.05) is 50.2 Å². The number of ether oxygens (including phenoxy) is 1. The summed E-state index contributed by atoms with van der Waals surface area (Å²) in [7, 11) is 0. The summed E-state index contributed by atoms with van der Waals surface area (Å²) in [5, 5.41) is 9.57. The maximum absolute atomic E-state index is 12.2. The fourth-order valence-electron chi connectivity index (χ4n) is 3.02. The molecule has 0 bridgehead atoms. The van der Waals surface area contributed by atoms with Crippen LogP contribution < -0.4 is 20.8 Å². The van der Waals surface area contributed by atoms with Crippen LogP contribution in [0.2, 0.25) is 5.02 Å². The first kappa shape index (κ1) is 25.5. The molecule has 0 aromatic heterocycles. The second kappa shape index (κ2) is 12.3. The van der Waals surface area contributed by atoms with E-state index in [9.17, 15) is 14.4 Å². The van der Waals surface area contributed by atoms with Gasteiger partial charge in [0.1, 0.15) is 5.75 Å². The summed E-state index contributed by atoms with van der Waals surface area (Å²) in [6.45, 7) is 3.92. The molecule has 0 radical (unpaired) electrons. The Morgan fingerprint density at radius 3 is 2.51 bits per heavy atom. The summed E-state index contributed by atoms with van der Waals surface area (Å²) >= 11 is 6.06. The highest BCUT2D eigenvalue weighted by atomic mass is 35.5. The number of aryl methyl sites for hydroxylation is 1. The van der Waals surface area contributed by atoms with Gasteiger partial charge in [0.25, 0.3) is 5.91 Å². The molecule has 0 aliphatic heterocycles. The molecule has 0 fully saturated rings. The number of hydrogen-bond donors (Lipinski definition) is 3. The van der Waals surface area contributed by atoms with E-state index in [4.69, 9.17) is 16.3 Å². The molecule has 3 aromatic rings. The normalized spacial score (nSPS) is 10.6. The number of amides is 3. The minimum atomic E-state index is -0.938. The van der Waals surface area contributed by atoms with Crippen molar-refractivity contribution in [2.75, 3.05) is 11.9 Å². The van der Waals surface area contributed by atoms with E-state index in [1.165, 1.54) is 6.21 Å². The Kier molecular flexibility index (Phi) is 8.97. The van der Waals surface area contributed by atoms with Gasteiger partial charge in [-0.05, 0) is 54.8 Å². The molecule has 180 valence electrons. The van der Waals surface area contributed by atoms with E-state index in [2.05, 4.69) is 21.2 Å². The highest BCUT2D eigenvalue weighted by molar-refractivity contribution is 6.39. The van der Waals surface area contributed by atoms with Gasteiger partial charge in [-0.3, -0.25) is 14.4 Å². The molecule has 9 heteroatoms. The van der Waals surface area contributed by atoms with Crippen LogP contribution in [-0.4, -0.2) is 30.5 Å². The number of nitrogens with one attached hydrogen (secondary N) is 3. The minimum Gasteiger partial charge on any atom is -0.483 e. The molecule has 0 aliphatic rings. The number of carbonyl (C=O) groups is 3. The van der Waals surface area contributed by atoms with Crippen LogP contribution in [0, 0.1) is 13.8 Å². The Labute approximate surface area is 208 Å². The van der Waals surface area contributed by atoms with Crippen molar-refractivity contribution in [3.63, 3.8) is 0 Å². The summed E-state index contributed by atoms with van der Waals surface area (Å²) < 4.78 is 5.60. The molecule has 8 nitrogen and oxygen atoms in total. The van der Waals surface area contributed by atoms with Gasteiger partial charge in [-0.1, -0.05) is 54.1 Å². The van der Waals surface area contributed by atoms with Gasteiger partial charge in [-0.2, -0.15) is 5.10 Å². The number of nitrogens with zero attached hydrogens (tertiary/aromatic N) is 1. The van der Waals surface area contributed by atoms with Crippen LogP contribution in [0.25, 0.3) is 0 Å². The lowest BCUT2D eigenvalue weighted by molar-refractivity contribution is -0.136. The van der Waals surface area contributed by atoms with Gasteiger partial charge in [0.05, 0.1) is 6.21 Å². The molecule has 3 N–H and O–H groups in total. The number of carbonyl (C=O) groups excluding carboxylic acids is 3. The number of hydrazone groups is 1. The van der Waals surface area contributed by atoms with Crippen molar-refractivity contribution in [1.82, 2.24) is 10.7 Å². The highest BCUT2D eigenvalue weighted by Crippen LogP contribution is 2.21. The number of hydrogen-bond acceptors (Lipinski definition) is 5. The predicted octanol–water partition coefficient (Wildman–Crippen LogP) is 3.74. The van der Waals surface area contributed by atoms with Crippen LogP contribution in [0.15, 0.2) is 71.8 Å². The molecule has 0 unspecified atom stereocenters. The Hall–Kier alpha value is -4.17. The Balaban J connectivity index is 1.55. The van der Waals surface area contributed by atoms with Crippen molar-refractivity contribution >= 4 is 41.2 Å². The average Bonchev–Trinajstić information content (AvgIpc) is 2.85. The lowest BCUT2D eigenvalue weighted by atomic mass is 10.1. The van der Waals surface area contributed by atoms with E-state index < -0.39 is 11.8 Å². The number of rotatable bonds is 8. The zero-order chi connectivity index (χ0) is 25.2. The third-order valence-corrected chi connectivity index (χ3v) is 5.33. The molecule has 0 atom stereocenters. The van der Waals surface area contributed by atoms with Crippen LogP contribution >= 0.6 is 11.6 Å². The zero-order valence-electron chi connectivity index (χ0n) is 19.3. The summed E-state index contributed by atoms with van der Waals surface area (Å²) in [5.74, 6) is -1.76.